The van der Waals surface area contributed by atoms with Crippen LogP contribution in [0, 0.1) is 0 Å². The number of benzene rings is 1. The summed E-state index contributed by atoms with van der Waals surface area (Å²) in [5.74, 6) is -0.221. The number of fused-ring (bicyclic) bond motifs is 1. The molecule has 37 heavy (non-hydrogen) atoms. The molecule has 1 aromatic carbocycles. The zero-order chi connectivity index (χ0) is 26.7. The second kappa shape index (κ2) is 10.5. The van der Waals surface area contributed by atoms with Crippen LogP contribution in [0.3, 0.4) is 0 Å². The molecule has 1 aliphatic heterocycles. The molecule has 1 fully saturated rings. The monoisotopic (exact) mass is 507 g/mol. The van der Waals surface area contributed by atoms with Gasteiger partial charge in [-0.1, -0.05) is 6.08 Å². The van der Waals surface area contributed by atoms with E-state index in [1.54, 1.807) is 73.8 Å². The minimum Gasteiger partial charge on any atom is -0.451 e. The normalized spacial score (nSPS) is 14.4. The third-order valence-electron chi connectivity index (χ3n) is 5.91. The number of aryl methyl sites for hydroxylation is 1. The van der Waals surface area contributed by atoms with Crippen molar-refractivity contribution in [3.05, 3.63) is 60.6 Å². The number of ether oxygens (including phenoxy) is 1. The molecule has 0 atom stereocenters. The molecule has 3 aromatic rings. The van der Waals surface area contributed by atoms with E-state index in [9.17, 15) is 14.4 Å². The lowest BCUT2D eigenvalue weighted by Gasteiger charge is -2.33. The molecule has 1 aliphatic rings. The van der Waals surface area contributed by atoms with Gasteiger partial charge in [0.05, 0.1) is 5.69 Å². The van der Waals surface area contributed by atoms with Crippen molar-refractivity contribution < 1.29 is 23.5 Å². The SMILES string of the molecule is C=CCN1CCN(C(=O)c2cc3cc(NC(=O)c4cc(NC(=O)OC(C)(C)C)cn4C)ccc3o2)CC1. The van der Waals surface area contributed by atoms with E-state index in [4.69, 9.17) is 9.15 Å². The van der Waals surface area contributed by atoms with Gasteiger partial charge in [0.1, 0.15) is 16.9 Å². The first-order valence-electron chi connectivity index (χ1n) is 12.2. The van der Waals surface area contributed by atoms with Gasteiger partial charge in [-0.2, -0.15) is 0 Å². The fourth-order valence-corrected chi connectivity index (χ4v) is 4.17. The number of rotatable bonds is 6. The van der Waals surface area contributed by atoms with E-state index in [2.05, 4.69) is 22.1 Å². The molecule has 2 aromatic heterocycles. The van der Waals surface area contributed by atoms with E-state index in [1.165, 1.54) is 0 Å². The van der Waals surface area contributed by atoms with Crippen molar-refractivity contribution in [3.8, 4) is 0 Å². The van der Waals surface area contributed by atoms with Crippen LogP contribution in [0.4, 0.5) is 16.2 Å². The van der Waals surface area contributed by atoms with Crippen LogP contribution in [0.15, 0.2) is 53.6 Å². The highest BCUT2D eigenvalue weighted by Gasteiger charge is 2.24. The number of carbonyl (C=O) groups excluding carboxylic acids is 3. The van der Waals surface area contributed by atoms with E-state index in [1.807, 2.05) is 6.08 Å². The van der Waals surface area contributed by atoms with Gasteiger partial charge in [0.15, 0.2) is 5.76 Å². The second-order valence-corrected chi connectivity index (χ2v) is 10.1. The molecular weight excluding hydrogens is 474 g/mol. The summed E-state index contributed by atoms with van der Waals surface area (Å²) >= 11 is 0. The summed E-state index contributed by atoms with van der Waals surface area (Å²) in [7, 11) is 1.71. The number of anilines is 2. The maximum atomic E-state index is 13.0. The number of furan rings is 1. The standard InChI is InChI=1S/C27H33N5O5/c1-6-9-31-10-12-32(13-11-31)25(34)23-15-18-14-19(7-8-22(18)36-23)28-24(33)21-16-20(17-30(21)5)29-26(35)37-27(2,3)4/h6-8,14-17H,1,9-13H2,2-5H3,(H,28,33)(H,29,35). The first kappa shape index (κ1) is 26.0. The molecule has 4 rings (SSSR count). The van der Waals surface area contributed by atoms with E-state index < -0.39 is 11.7 Å². The van der Waals surface area contributed by atoms with E-state index >= 15 is 0 Å². The highest BCUT2D eigenvalue weighted by molar-refractivity contribution is 6.05. The highest BCUT2D eigenvalue weighted by Crippen LogP contribution is 2.25. The predicted octanol–water partition coefficient (Wildman–Crippen LogP) is 4.31. The first-order chi connectivity index (χ1) is 17.5. The average Bonchev–Trinajstić information content (AvgIpc) is 3.40. The van der Waals surface area contributed by atoms with Gasteiger partial charge in [-0.3, -0.25) is 19.8 Å². The van der Waals surface area contributed by atoms with Gasteiger partial charge in [-0.15, -0.1) is 6.58 Å². The second-order valence-electron chi connectivity index (χ2n) is 10.1. The lowest BCUT2D eigenvalue weighted by atomic mass is 10.2. The van der Waals surface area contributed by atoms with Crippen molar-refractivity contribution in [1.29, 1.82) is 0 Å². The quantitative estimate of drug-likeness (QED) is 0.481. The zero-order valence-corrected chi connectivity index (χ0v) is 21.7. The number of nitrogens with zero attached hydrogens (tertiary/aromatic N) is 3. The van der Waals surface area contributed by atoms with Crippen LogP contribution < -0.4 is 10.6 Å². The Hall–Kier alpha value is -4.05. The van der Waals surface area contributed by atoms with Gasteiger partial charge in [0, 0.05) is 57.0 Å². The van der Waals surface area contributed by atoms with Crippen LogP contribution in [0.2, 0.25) is 0 Å². The number of hydrogen-bond donors (Lipinski definition) is 2. The number of piperazine rings is 1. The Bertz CT molecular complexity index is 1320. The molecule has 0 unspecified atom stereocenters. The average molecular weight is 508 g/mol. The molecule has 0 radical (unpaired) electrons. The van der Waals surface area contributed by atoms with Crippen LogP contribution in [-0.2, 0) is 11.8 Å². The van der Waals surface area contributed by atoms with Gasteiger partial charge in [-0.25, -0.2) is 4.79 Å². The Labute approximate surface area is 215 Å². The van der Waals surface area contributed by atoms with Crippen LogP contribution in [-0.4, -0.2) is 70.6 Å². The van der Waals surface area contributed by atoms with Gasteiger partial charge in [-0.05, 0) is 51.1 Å². The molecule has 0 aliphatic carbocycles. The van der Waals surface area contributed by atoms with Crippen LogP contribution in [0.1, 0.15) is 41.8 Å². The summed E-state index contributed by atoms with van der Waals surface area (Å²) in [5, 5.41) is 6.21. The summed E-state index contributed by atoms with van der Waals surface area (Å²) in [6.07, 6.45) is 2.90. The fourth-order valence-electron chi connectivity index (χ4n) is 4.17. The van der Waals surface area contributed by atoms with E-state index in [0.717, 1.165) is 19.6 Å². The zero-order valence-electron chi connectivity index (χ0n) is 21.7. The number of aromatic nitrogens is 1. The lowest BCUT2D eigenvalue weighted by molar-refractivity contribution is 0.0617. The Kier molecular flexibility index (Phi) is 7.40. The van der Waals surface area contributed by atoms with Gasteiger partial charge >= 0.3 is 6.09 Å². The minimum absolute atomic E-state index is 0.145. The molecule has 3 heterocycles. The third kappa shape index (κ3) is 6.39. The summed E-state index contributed by atoms with van der Waals surface area (Å²) in [4.78, 5) is 42.0. The smallest absolute Gasteiger partial charge is 0.412 e. The highest BCUT2D eigenvalue weighted by atomic mass is 16.6. The van der Waals surface area contributed by atoms with Crippen molar-refractivity contribution in [1.82, 2.24) is 14.4 Å². The largest absolute Gasteiger partial charge is 0.451 e. The first-order valence-corrected chi connectivity index (χ1v) is 12.2. The fraction of sp³-hybridized carbons (Fsp3) is 0.370. The van der Waals surface area contributed by atoms with Crippen LogP contribution >= 0.6 is 0 Å². The van der Waals surface area contributed by atoms with E-state index in [0.29, 0.717) is 41.1 Å². The molecule has 2 N–H and O–H groups in total. The predicted molar refractivity (Wildman–Crippen MR) is 142 cm³/mol. The Morgan fingerprint density at radius 2 is 1.78 bits per heavy atom. The number of carbonyl (C=O) groups is 3. The molecule has 10 nitrogen and oxygen atoms in total. The van der Waals surface area contributed by atoms with Gasteiger partial charge in [0.2, 0.25) is 0 Å². The van der Waals surface area contributed by atoms with Crippen molar-refractivity contribution >= 4 is 40.3 Å². The van der Waals surface area contributed by atoms with Gasteiger partial charge < -0.3 is 23.9 Å². The van der Waals surface area contributed by atoms with Crippen molar-refractivity contribution in [2.24, 2.45) is 7.05 Å². The number of hydrogen-bond acceptors (Lipinski definition) is 6. The number of amides is 3. The summed E-state index contributed by atoms with van der Waals surface area (Å²) in [6.45, 7) is 12.8. The van der Waals surface area contributed by atoms with Crippen molar-refractivity contribution in [2.75, 3.05) is 43.4 Å². The van der Waals surface area contributed by atoms with Crippen LogP contribution in [0.25, 0.3) is 11.0 Å². The Balaban J connectivity index is 1.41. The van der Waals surface area contributed by atoms with E-state index in [-0.39, 0.29) is 17.6 Å². The maximum Gasteiger partial charge on any atom is 0.412 e. The van der Waals surface area contributed by atoms with Gasteiger partial charge in [0.25, 0.3) is 11.8 Å². The summed E-state index contributed by atoms with van der Waals surface area (Å²) in [6, 6.07) is 8.48. The lowest BCUT2D eigenvalue weighted by Crippen LogP contribution is -2.48. The molecule has 3 amide bonds. The Morgan fingerprint density at radius 3 is 2.46 bits per heavy atom. The topological polar surface area (TPSA) is 109 Å². The molecule has 0 bridgehead atoms. The summed E-state index contributed by atoms with van der Waals surface area (Å²) in [5.41, 5.74) is 1.29. The molecular formula is C27H33N5O5. The van der Waals surface area contributed by atoms with Crippen LogP contribution in [0.5, 0.6) is 0 Å². The minimum atomic E-state index is -0.629. The maximum absolute atomic E-state index is 13.0. The molecule has 10 heteroatoms. The van der Waals surface area contributed by atoms with Crippen molar-refractivity contribution in [2.45, 2.75) is 26.4 Å². The molecule has 1 saturated heterocycles. The molecule has 196 valence electrons. The molecule has 0 spiro atoms. The third-order valence-corrected chi connectivity index (χ3v) is 5.91. The summed E-state index contributed by atoms with van der Waals surface area (Å²) < 4.78 is 12.7. The van der Waals surface area contributed by atoms with Crippen molar-refractivity contribution in [3.63, 3.8) is 0 Å². The number of nitrogens with one attached hydrogen (secondary N) is 2. The Morgan fingerprint density at radius 1 is 1.05 bits per heavy atom. The molecule has 0 saturated carbocycles.